The zero-order valence-electron chi connectivity index (χ0n) is 13.1. The van der Waals surface area contributed by atoms with E-state index in [0.717, 1.165) is 37.9 Å². The van der Waals surface area contributed by atoms with Crippen molar-refractivity contribution >= 4 is 5.82 Å². The molecular weight excluding hydrogens is 248 g/mol. The van der Waals surface area contributed by atoms with Crippen molar-refractivity contribution in [1.82, 2.24) is 15.2 Å². The highest BCUT2D eigenvalue weighted by Crippen LogP contribution is 2.22. The second kappa shape index (κ2) is 7.60. The summed E-state index contributed by atoms with van der Waals surface area (Å²) in [5.74, 6) is 1.98. The molecule has 0 unspecified atom stereocenters. The first kappa shape index (κ1) is 15.3. The monoisotopic (exact) mass is 276 g/mol. The minimum atomic E-state index is 0.839. The molecule has 1 saturated heterocycles. The minimum absolute atomic E-state index is 0.839. The van der Waals surface area contributed by atoms with Gasteiger partial charge in [-0.05, 0) is 57.1 Å². The Hall–Kier alpha value is -1.13. The summed E-state index contributed by atoms with van der Waals surface area (Å²) in [6.45, 7) is 7.56. The van der Waals surface area contributed by atoms with Gasteiger partial charge in [-0.25, -0.2) is 4.98 Å². The average molecular weight is 276 g/mol. The van der Waals surface area contributed by atoms with Crippen LogP contribution in [0.5, 0.6) is 0 Å². The Kier molecular flexibility index (Phi) is 5.80. The van der Waals surface area contributed by atoms with Gasteiger partial charge in [-0.3, -0.25) is 0 Å². The third-order valence-electron chi connectivity index (χ3n) is 3.95. The zero-order valence-corrected chi connectivity index (χ0v) is 13.1. The summed E-state index contributed by atoms with van der Waals surface area (Å²) in [7, 11) is 4.33. The number of nitrogens with one attached hydrogen (secondary N) is 1. The maximum Gasteiger partial charge on any atom is 0.128 e. The van der Waals surface area contributed by atoms with Crippen LogP contribution in [0.1, 0.15) is 25.3 Å². The fraction of sp³-hybridized carbons (Fsp3) is 0.688. The summed E-state index contributed by atoms with van der Waals surface area (Å²) in [5.41, 5.74) is 1.33. The molecule has 20 heavy (non-hydrogen) atoms. The average Bonchev–Trinajstić information content (AvgIpc) is 2.45. The van der Waals surface area contributed by atoms with Crippen LogP contribution in [0.4, 0.5) is 5.82 Å². The molecule has 0 atom stereocenters. The third kappa shape index (κ3) is 4.46. The summed E-state index contributed by atoms with van der Waals surface area (Å²) in [6, 6.07) is 4.33. The number of pyridine rings is 1. The molecule has 0 aromatic carbocycles. The van der Waals surface area contributed by atoms with Crippen LogP contribution in [0, 0.1) is 5.92 Å². The van der Waals surface area contributed by atoms with Crippen LogP contribution >= 0.6 is 0 Å². The first-order valence-corrected chi connectivity index (χ1v) is 7.74. The maximum atomic E-state index is 4.54. The van der Waals surface area contributed by atoms with Crippen molar-refractivity contribution in [2.45, 2.75) is 26.3 Å². The first-order chi connectivity index (χ1) is 9.69. The van der Waals surface area contributed by atoms with E-state index in [-0.39, 0.29) is 0 Å². The van der Waals surface area contributed by atoms with Gasteiger partial charge in [0.05, 0.1) is 0 Å². The molecule has 2 heterocycles. The molecule has 1 N–H and O–H groups in total. The van der Waals surface area contributed by atoms with Crippen LogP contribution in [0.3, 0.4) is 0 Å². The number of hydrogen-bond acceptors (Lipinski definition) is 4. The van der Waals surface area contributed by atoms with Crippen LogP contribution in [-0.4, -0.2) is 50.2 Å². The molecule has 0 radical (unpaired) electrons. The van der Waals surface area contributed by atoms with Gasteiger partial charge in [0.25, 0.3) is 0 Å². The lowest BCUT2D eigenvalue weighted by molar-refractivity contribution is 0.284. The molecule has 0 amide bonds. The topological polar surface area (TPSA) is 31.4 Å². The van der Waals surface area contributed by atoms with E-state index in [1.54, 1.807) is 0 Å². The van der Waals surface area contributed by atoms with E-state index in [0.29, 0.717) is 0 Å². The molecule has 0 aliphatic carbocycles. The van der Waals surface area contributed by atoms with Crippen molar-refractivity contribution < 1.29 is 0 Å². The van der Waals surface area contributed by atoms with Gasteiger partial charge in [-0.1, -0.05) is 6.92 Å². The second-order valence-electron chi connectivity index (χ2n) is 6.00. The molecule has 112 valence electrons. The maximum absolute atomic E-state index is 4.54. The highest BCUT2D eigenvalue weighted by atomic mass is 15.2. The number of anilines is 1. The van der Waals surface area contributed by atoms with Crippen LogP contribution in [0.25, 0.3) is 0 Å². The Morgan fingerprint density at radius 1 is 1.35 bits per heavy atom. The quantitative estimate of drug-likeness (QED) is 0.861. The lowest BCUT2D eigenvalue weighted by Crippen LogP contribution is -2.37. The van der Waals surface area contributed by atoms with Crippen molar-refractivity contribution in [2.75, 3.05) is 45.2 Å². The molecule has 1 fully saturated rings. The van der Waals surface area contributed by atoms with E-state index in [2.05, 4.69) is 53.3 Å². The normalized spacial score (nSPS) is 16.9. The minimum Gasteiger partial charge on any atom is -0.357 e. The Labute approximate surface area is 123 Å². The Bertz CT molecular complexity index is 397. The van der Waals surface area contributed by atoms with Crippen LogP contribution < -0.4 is 10.2 Å². The Balaban J connectivity index is 1.89. The molecule has 2 rings (SSSR count). The van der Waals surface area contributed by atoms with E-state index in [9.17, 15) is 0 Å². The molecule has 1 aromatic rings. The lowest BCUT2D eigenvalue weighted by Gasteiger charge is -2.34. The Morgan fingerprint density at radius 3 is 2.75 bits per heavy atom. The van der Waals surface area contributed by atoms with Gasteiger partial charge >= 0.3 is 0 Å². The third-order valence-corrected chi connectivity index (χ3v) is 3.95. The van der Waals surface area contributed by atoms with Gasteiger partial charge in [0.1, 0.15) is 5.82 Å². The fourth-order valence-corrected chi connectivity index (χ4v) is 2.87. The van der Waals surface area contributed by atoms with Crippen LogP contribution in [0.15, 0.2) is 18.3 Å². The van der Waals surface area contributed by atoms with Crippen LogP contribution in [0.2, 0.25) is 0 Å². The highest BCUT2D eigenvalue weighted by molar-refractivity contribution is 5.41. The van der Waals surface area contributed by atoms with E-state index >= 15 is 0 Å². The second-order valence-corrected chi connectivity index (χ2v) is 6.00. The van der Waals surface area contributed by atoms with Crippen molar-refractivity contribution in [3.05, 3.63) is 23.9 Å². The van der Waals surface area contributed by atoms with Gasteiger partial charge in [-0.15, -0.1) is 0 Å². The van der Waals surface area contributed by atoms with Crippen molar-refractivity contribution in [1.29, 1.82) is 0 Å². The van der Waals surface area contributed by atoms with Crippen molar-refractivity contribution in [3.63, 3.8) is 0 Å². The molecule has 0 bridgehead atoms. The molecule has 1 aliphatic rings. The fourth-order valence-electron chi connectivity index (χ4n) is 2.87. The van der Waals surface area contributed by atoms with Gasteiger partial charge in [0, 0.05) is 32.4 Å². The molecule has 0 spiro atoms. The van der Waals surface area contributed by atoms with Gasteiger partial charge in [0.2, 0.25) is 0 Å². The predicted molar refractivity (Wildman–Crippen MR) is 85.1 cm³/mol. The molecule has 1 aliphatic heterocycles. The molecule has 4 heteroatoms. The van der Waals surface area contributed by atoms with Gasteiger partial charge < -0.3 is 15.1 Å². The standard InChI is InChI=1S/C16H28N4/c1-4-17-12-15-5-8-18-16(11-15)20-9-6-14(7-10-20)13-19(2)3/h5,8,11,14,17H,4,6-7,9-10,12-13H2,1-3H3. The Morgan fingerprint density at radius 2 is 2.10 bits per heavy atom. The molecule has 4 nitrogen and oxygen atoms in total. The zero-order chi connectivity index (χ0) is 14.4. The van der Waals surface area contributed by atoms with Gasteiger partial charge in [0.15, 0.2) is 0 Å². The number of aromatic nitrogens is 1. The summed E-state index contributed by atoms with van der Waals surface area (Å²) in [5, 5.41) is 3.37. The smallest absolute Gasteiger partial charge is 0.128 e. The molecule has 1 aromatic heterocycles. The summed E-state index contributed by atoms with van der Waals surface area (Å²) in [6.07, 6.45) is 4.49. The summed E-state index contributed by atoms with van der Waals surface area (Å²) >= 11 is 0. The van der Waals surface area contributed by atoms with E-state index in [1.165, 1.54) is 24.9 Å². The molecule has 0 saturated carbocycles. The number of hydrogen-bond donors (Lipinski definition) is 1. The van der Waals surface area contributed by atoms with Crippen molar-refractivity contribution in [2.24, 2.45) is 5.92 Å². The molecular formula is C16H28N4. The van der Waals surface area contributed by atoms with E-state index in [4.69, 9.17) is 0 Å². The summed E-state index contributed by atoms with van der Waals surface area (Å²) < 4.78 is 0. The number of nitrogens with zero attached hydrogens (tertiary/aromatic N) is 3. The number of rotatable bonds is 6. The lowest BCUT2D eigenvalue weighted by atomic mass is 9.96. The van der Waals surface area contributed by atoms with Crippen molar-refractivity contribution in [3.8, 4) is 0 Å². The number of piperidine rings is 1. The van der Waals surface area contributed by atoms with E-state index in [1.807, 2.05) is 6.20 Å². The SMILES string of the molecule is CCNCc1ccnc(N2CCC(CN(C)C)CC2)c1. The first-order valence-electron chi connectivity index (χ1n) is 7.74. The van der Waals surface area contributed by atoms with E-state index < -0.39 is 0 Å². The largest absolute Gasteiger partial charge is 0.357 e. The summed E-state index contributed by atoms with van der Waals surface area (Å²) in [4.78, 5) is 9.28. The van der Waals surface area contributed by atoms with Crippen LogP contribution in [-0.2, 0) is 6.54 Å². The highest BCUT2D eigenvalue weighted by Gasteiger charge is 2.20. The van der Waals surface area contributed by atoms with Gasteiger partial charge in [-0.2, -0.15) is 0 Å². The predicted octanol–water partition coefficient (Wildman–Crippen LogP) is 1.97.